The van der Waals surface area contributed by atoms with Crippen LogP contribution in [0, 0.1) is 24.2 Å². The number of nitrogens with zero attached hydrogens (tertiary/aromatic N) is 2. The normalized spacial score (nSPS) is 10.7. The number of hydrogen-bond acceptors (Lipinski definition) is 4. The minimum absolute atomic E-state index is 0.250. The van der Waals surface area contributed by atoms with Gasteiger partial charge >= 0.3 is 0 Å². The van der Waals surface area contributed by atoms with Crippen molar-refractivity contribution in [3.8, 4) is 6.07 Å². The Labute approximate surface area is 181 Å². The smallest absolute Gasteiger partial charge is 0.204 e. The molecule has 2 rings (SSSR count). The van der Waals surface area contributed by atoms with Crippen molar-refractivity contribution in [1.29, 1.82) is 5.26 Å². The Hall–Kier alpha value is -3.10. The van der Waals surface area contributed by atoms with Gasteiger partial charge in [-0.3, -0.25) is 9.80 Å². The monoisotopic (exact) mass is 406 g/mol. The standard InChI is InChI=1S/C24H31N3.CH3NO/c1-4-6-20(7-5-2)12-17-24(22-13-8-19(3)9-14-22)27(26)23-15-10-21(18-25)11-16-23;2-1-3/h8-11,13-17,20H,4-7,12,26H2,1-3H3;1H,(H2,2,3)/b24-17-;. The highest BCUT2D eigenvalue weighted by Crippen LogP contribution is 2.27. The zero-order valence-corrected chi connectivity index (χ0v) is 18.3. The third-order valence-electron chi connectivity index (χ3n) is 4.92. The van der Waals surface area contributed by atoms with Crippen LogP contribution in [0.15, 0.2) is 54.6 Å². The Morgan fingerprint density at radius 1 is 1.07 bits per heavy atom. The number of amides is 1. The van der Waals surface area contributed by atoms with Crippen LogP contribution in [0.5, 0.6) is 0 Å². The third-order valence-corrected chi connectivity index (χ3v) is 4.92. The van der Waals surface area contributed by atoms with Crippen LogP contribution >= 0.6 is 0 Å². The molecule has 0 spiro atoms. The van der Waals surface area contributed by atoms with Gasteiger partial charge < -0.3 is 5.73 Å². The molecule has 5 nitrogen and oxygen atoms in total. The van der Waals surface area contributed by atoms with Crippen LogP contribution in [0.1, 0.15) is 62.6 Å². The molecule has 0 bridgehead atoms. The van der Waals surface area contributed by atoms with Gasteiger partial charge in [0.1, 0.15) is 0 Å². The Balaban J connectivity index is 0.00000141. The van der Waals surface area contributed by atoms with E-state index >= 15 is 0 Å². The second-order valence-electron chi connectivity index (χ2n) is 7.30. The number of hydrazine groups is 1. The van der Waals surface area contributed by atoms with Gasteiger partial charge in [0.05, 0.1) is 23.0 Å². The molecule has 4 N–H and O–H groups in total. The molecule has 0 fully saturated rings. The van der Waals surface area contributed by atoms with E-state index in [9.17, 15) is 0 Å². The molecular weight excluding hydrogens is 372 g/mol. The van der Waals surface area contributed by atoms with Crippen LogP contribution in [0.4, 0.5) is 5.69 Å². The molecule has 0 aromatic heterocycles. The van der Waals surface area contributed by atoms with Gasteiger partial charge in [-0.05, 0) is 49.1 Å². The van der Waals surface area contributed by atoms with Crippen LogP contribution in [-0.4, -0.2) is 6.41 Å². The number of benzene rings is 2. The minimum Gasteiger partial charge on any atom is -0.372 e. The molecule has 2 aromatic rings. The van der Waals surface area contributed by atoms with E-state index in [4.69, 9.17) is 15.9 Å². The predicted molar refractivity (Wildman–Crippen MR) is 125 cm³/mol. The van der Waals surface area contributed by atoms with E-state index in [0.29, 0.717) is 11.5 Å². The molecule has 0 atom stereocenters. The highest BCUT2D eigenvalue weighted by molar-refractivity contribution is 5.78. The molecule has 0 heterocycles. The van der Waals surface area contributed by atoms with Crippen molar-refractivity contribution in [1.82, 2.24) is 0 Å². The lowest BCUT2D eigenvalue weighted by atomic mass is 9.93. The molecule has 0 radical (unpaired) electrons. The van der Waals surface area contributed by atoms with Crippen LogP contribution in [-0.2, 0) is 4.79 Å². The maximum atomic E-state index is 9.02. The second kappa shape index (κ2) is 14.0. The van der Waals surface area contributed by atoms with Gasteiger partial charge in [-0.15, -0.1) is 0 Å². The Morgan fingerprint density at radius 2 is 1.60 bits per heavy atom. The summed E-state index contributed by atoms with van der Waals surface area (Å²) >= 11 is 0. The van der Waals surface area contributed by atoms with Crippen LogP contribution in [0.3, 0.4) is 0 Å². The second-order valence-corrected chi connectivity index (χ2v) is 7.30. The molecule has 160 valence electrons. The predicted octanol–water partition coefficient (Wildman–Crippen LogP) is 5.30. The van der Waals surface area contributed by atoms with Crippen molar-refractivity contribution >= 4 is 17.8 Å². The summed E-state index contributed by atoms with van der Waals surface area (Å²) in [7, 11) is 0. The fraction of sp³-hybridized carbons (Fsp3) is 0.360. The summed E-state index contributed by atoms with van der Waals surface area (Å²) in [5.41, 5.74) is 9.04. The third kappa shape index (κ3) is 8.10. The van der Waals surface area contributed by atoms with Crippen molar-refractivity contribution in [2.75, 3.05) is 5.01 Å². The Bertz CT molecular complexity index is 814. The lowest BCUT2D eigenvalue weighted by molar-refractivity contribution is -0.106. The minimum atomic E-state index is 0.250. The van der Waals surface area contributed by atoms with E-state index in [2.05, 4.69) is 62.9 Å². The first-order chi connectivity index (χ1) is 14.5. The SMILES string of the molecule is CCCC(C/C=C(/c1ccc(C)cc1)N(N)c1ccc(C#N)cc1)CCC.NC=O. The molecule has 0 unspecified atom stereocenters. The number of allylic oxidation sites excluding steroid dienone is 1. The number of carbonyl (C=O) groups excluding carboxylic acids is 1. The lowest BCUT2D eigenvalue weighted by Gasteiger charge is -2.24. The summed E-state index contributed by atoms with van der Waals surface area (Å²) in [5.74, 6) is 7.21. The molecule has 0 aliphatic carbocycles. The van der Waals surface area contributed by atoms with Gasteiger partial charge in [0.15, 0.2) is 0 Å². The van der Waals surface area contributed by atoms with E-state index in [1.54, 1.807) is 17.1 Å². The molecule has 1 amide bonds. The molecule has 5 heteroatoms. The van der Waals surface area contributed by atoms with E-state index in [1.807, 2.05) is 12.1 Å². The van der Waals surface area contributed by atoms with Crippen LogP contribution < -0.4 is 16.6 Å². The summed E-state index contributed by atoms with van der Waals surface area (Å²) in [4.78, 5) is 8.58. The zero-order chi connectivity index (χ0) is 22.4. The van der Waals surface area contributed by atoms with Crippen molar-refractivity contribution < 1.29 is 4.79 Å². The van der Waals surface area contributed by atoms with Crippen LogP contribution in [0.25, 0.3) is 5.70 Å². The molecule has 2 aromatic carbocycles. The van der Waals surface area contributed by atoms with E-state index in [1.165, 1.54) is 31.2 Å². The summed E-state index contributed by atoms with van der Waals surface area (Å²) in [6, 6.07) is 18.0. The number of nitriles is 1. The first kappa shape index (κ1) is 24.9. The number of nitrogens with two attached hydrogens (primary N) is 2. The van der Waals surface area contributed by atoms with Crippen molar-refractivity contribution in [3.63, 3.8) is 0 Å². The molecular formula is C25H34N4O. The summed E-state index contributed by atoms with van der Waals surface area (Å²) in [5, 5.41) is 10.8. The van der Waals surface area contributed by atoms with Gasteiger partial charge in [0.2, 0.25) is 6.41 Å². The summed E-state index contributed by atoms with van der Waals surface area (Å²) < 4.78 is 0. The summed E-state index contributed by atoms with van der Waals surface area (Å²) in [6.07, 6.45) is 8.45. The topological polar surface area (TPSA) is 96.1 Å². The van der Waals surface area contributed by atoms with Crippen molar-refractivity contribution in [3.05, 3.63) is 71.3 Å². The molecule has 0 saturated carbocycles. The maximum Gasteiger partial charge on any atom is 0.204 e. The van der Waals surface area contributed by atoms with Gasteiger partial charge in [0.25, 0.3) is 0 Å². The van der Waals surface area contributed by atoms with Crippen LogP contribution in [0.2, 0.25) is 0 Å². The average Bonchev–Trinajstić information content (AvgIpc) is 2.76. The van der Waals surface area contributed by atoms with Gasteiger partial charge in [-0.2, -0.15) is 5.26 Å². The maximum absolute atomic E-state index is 9.02. The molecule has 30 heavy (non-hydrogen) atoms. The number of hydrogen-bond donors (Lipinski definition) is 2. The molecule has 0 aliphatic rings. The number of carbonyl (C=O) groups is 1. The average molecular weight is 407 g/mol. The van der Waals surface area contributed by atoms with Crippen molar-refractivity contribution in [2.24, 2.45) is 17.5 Å². The summed E-state index contributed by atoms with van der Waals surface area (Å²) in [6.45, 7) is 6.59. The highest BCUT2D eigenvalue weighted by atomic mass is 16.1. The van der Waals surface area contributed by atoms with E-state index in [-0.39, 0.29) is 6.41 Å². The molecule has 0 saturated heterocycles. The largest absolute Gasteiger partial charge is 0.372 e. The number of primary amides is 1. The number of aryl methyl sites for hydroxylation is 1. The van der Waals surface area contributed by atoms with Crippen molar-refractivity contribution in [2.45, 2.75) is 52.9 Å². The Kier molecular flexibility index (Phi) is 11.6. The lowest BCUT2D eigenvalue weighted by Crippen LogP contribution is -2.29. The highest BCUT2D eigenvalue weighted by Gasteiger charge is 2.13. The van der Waals surface area contributed by atoms with Gasteiger partial charge in [-0.1, -0.05) is 75.4 Å². The first-order valence-electron chi connectivity index (χ1n) is 10.5. The van der Waals surface area contributed by atoms with Gasteiger partial charge in [0, 0.05) is 0 Å². The van der Waals surface area contributed by atoms with Gasteiger partial charge in [-0.25, -0.2) is 5.84 Å². The quantitative estimate of drug-likeness (QED) is 0.336. The first-order valence-corrected chi connectivity index (χ1v) is 10.5. The fourth-order valence-corrected chi connectivity index (χ4v) is 3.39. The number of rotatable bonds is 9. The zero-order valence-electron chi connectivity index (χ0n) is 18.3. The molecule has 0 aliphatic heterocycles. The number of anilines is 1. The Morgan fingerprint density at radius 3 is 2.07 bits per heavy atom. The van der Waals surface area contributed by atoms with E-state index < -0.39 is 0 Å². The van der Waals surface area contributed by atoms with E-state index in [0.717, 1.165) is 23.4 Å². The fourth-order valence-electron chi connectivity index (χ4n) is 3.39.